The van der Waals surface area contributed by atoms with Gasteiger partial charge in [-0.2, -0.15) is 17.5 Å². The van der Waals surface area contributed by atoms with Crippen LogP contribution in [0.25, 0.3) is 11.1 Å². The van der Waals surface area contributed by atoms with E-state index in [1.807, 2.05) is 25.1 Å². The van der Waals surface area contributed by atoms with E-state index in [-0.39, 0.29) is 25.8 Å². The number of aryl methyl sites for hydroxylation is 1. The lowest BCUT2D eigenvalue weighted by Gasteiger charge is -2.30. The molecule has 1 N–H and O–H groups in total. The van der Waals surface area contributed by atoms with Crippen LogP contribution in [0.3, 0.4) is 0 Å². The van der Waals surface area contributed by atoms with E-state index < -0.39 is 38.7 Å². The molecule has 0 bridgehead atoms. The van der Waals surface area contributed by atoms with E-state index in [1.165, 1.54) is 6.07 Å². The van der Waals surface area contributed by atoms with Crippen LogP contribution >= 0.6 is 0 Å². The number of hydrogen-bond donors (Lipinski definition) is 1. The maximum absolute atomic E-state index is 13.7. The number of alkyl halides is 3. The Morgan fingerprint density at radius 1 is 1.08 bits per heavy atom. The molecule has 3 rings (SSSR count). The van der Waals surface area contributed by atoms with Crippen LogP contribution in [0.15, 0.2) is 71.9 Å². The van der Waals surface area contributed by atoms with Gasteiger partial charge in [0.25, 0.3) is 0 Å². The molecule has 36 heavy (non-hydrogen) atoms. The van der Waals surface area contributed by atoms with Crippen molar-refractivity contribution in [2.75, 3.05) is 6.54 Å². The zero-order valence-corrected chi connectivity index (χ0v) is 20.7. The highest BCUT2D eigenvalue weighted by atomic mass is 32.2. The molecule has 10 heteroatoms. The molecule has 2 aromatic carbocycles. The van der Waals surface area contributed by atoms with Crippen molar-refractivity contribution >= 4 is 16.0 Å². The summed E-state index contributed by atoms with van der Waals surface area (Å²) in [5.41, 5.74) is 1.99. The highest BCUT2D eigenvalue weighted by molar-refractivity contribution is 7.89. The first-order valence-corrected chi connectivity index (χ1v) is 12.8. The Labute approximate surface area is 208 Å². The van der Waals surface area contributed by atoms with Gasteiger partial charge in [-0.3, -0.25) is 9.78 Å². The van der Waals surface area contributed by atoms with Crippen LogP contribution in [-0.2, 0) is 21.0 Å². The van der Waals surface area contributed by atoms with Gasteiger partial charge in [0.1, 0.15) is 0 Å². The van der Waals surface area contributed by atoms with Crippen LogP contribution in [-0.4, -0.2) is 35.3 Å². The fourth-order valence-electron chi connectivity index (χ4n) is 4.05. The summed E-state index contributed by atoms with van der Waals surface area (Å²) in [6.07, 6.45) is -1.32. The van der Waals surface area contributed by atoms with Crippen molar-refractivity contribution in [2.24, 2.45) is 0 Å². The van der Waals surface area contributed by atoms with Gasteiger partial charge in [-0.25, -0.2) is 8.42 Å². The largest absolute Gasteiger partial charge is 0.481 e. The predicted octanol–water partition coefficient (Wildman–Crippen LogP) is 6.08. The summed E-state index contributed by atoms with van der Waals surface area (Å²) in [5.74, 6) is -1.03. The number of hydrogen-bond acceptors (Lipinski definition) is 4. The zero-order chi connectivity index (χ0) is 26.5. The number of aromatic nitrogens is 1. The number of aliphatic carboxylic acids is 1. The number of carboxylic acids is 1. The van der Waals surface area contributed by atoms with E-state index >= 15 is 0 Å². The van der Waals surface area contributed by atoms with Gasteiger partial charge in [-0.05, 0) is 73.2 Å². The van der Waals surface area contributed by atoms with Crippen LogP contribution in [0.1, 0.15) is 48.9 Å². The number of halogens is 3. The molecule has 1 aromatic heterocycles. The molecule has 0 aliphatic heterocycles. The van der Waals surface area contributed by atoms with Crippen molar-refractivity contribution in [2.45, 2.75) is 50.2 Å². The Balaban J connectivity index is 2.05. The number of carboxylic acid groups (broad SMARTS) is 1. The monoisotopic (exact) mass is 520 g/mol. The topological polar surface area (TPSA) is 87.6 Å². The number of nitrogens with zero attached hydrogens (tertiary/aromatic N) is 2. The van der Waals surface area contributed by atoms with Gasteiger partial charge < -0.3 is 5.11 Å². The predicted molar refractivity (Wildman–Crippen MR) is 130 cm³/mol. The molecule has 1 unspecified atom stereocenters. The first kappa shape index (κ1) is 27.3. The minimum absolute atomic E-state index is 0.137. The van der Waals surface area contributed by atoms with Gasteiger partial charge in [0.2, 0.25) is 10.0 Å². The van der Waals surface area contributed by atoms with Crippen LogP contribution in [0.2, 0.25) is 0 Å². The third-order valence-electron chi connectivity index (χ3n) is 5.93. The van der Waals surface area contributed by atoms with Crippen molar-refractivity contribution in [1.29, 1.82) is 0 Å². The third-order valence-corrected chi connectivity index (χ3v) is 7.96. The SMILES string of the molecule is Cc1cnccc1-c1cccc(C(C)N(CCCCC(=O)O)S(=O)(=O)c2ccccc2C(F)(F)F)c1. The van der Waals surface area contributed by atoms with E-state index in [1.54, 1.807) is 31.5 Å². The summed E-state index contributed by atoms with van der Waals surface area (Å²) in [7, 11) is -4.59. The fourth-order valence-corrected chi connectivity index (χ4v) is 5.92. The Morgan fingerprint density at radius 3 is 2.47 bits per heavy atom. The maximum atomic E-state index is 13.7. The van der Waals surface area contributed by atoms with E-state index in [0.717, 1.165) is 39.2 Å². The average molecular weight is 521 g/mol. The first-order valence-electron chi connectivity index (χ1n) is 11.3. The molecule has 0 fully saturated rings. The molecule has 1 atom stereocenters. The van der Waals surface area contributed by atoms with E-state index in [9.17, 15) is 26.4 Å². The quantitative estimate of drug-likeness (QED) is 0.327. The van der Waals surface area contributed by atoms with Gasteiger partial charge in [0.05, 0.1) is 10.5 Å². The molecule has 6 nitrogen and oxygen atoms in total. The maximum Gasteiger partial charge on any atom is 0.417 e. The van der Waals surface area contributed by atoms with Gasteiger partial charge in [0.15, 0.2) is 0 Å². The number of pyridine rings is 1. The van der Waals surface area contributed by atoms with Crippen LogP contribution < -0.4 is 0 Å². The molecule has 192 valence electrons. The molecule has 0 spiro atoms. The number of carbonyl (C=O) groups is 1. The smallest absolute Gasteiger partial charge is 0.417 e. The van der Waals surface area contributed by atoms with Crippen LogP contribution in [0.4, 0.5) is 13.2 Å². The Kier molecular flexibility index (Phi) is 8.52. The summed E-state index contributed by atoms with van der Waals surface area (Å²) in [4.78, 5) is 14.2. The molecule has 0 amide bonds. The second kappa shape index (κ2) is 11.2. The van der Waals surface area contributed by atoms with Crippen molar-refractivity contribution in [3.63, 3.8) is 0 Å². The van der Waals surface area contributed by atoms with Crippen LogP contribution in [0, 0.1) is 6.92 Å². The summed E-state index contributed by atoms with van der Waals surface area (Å²) in [6, 6.07) is 12.3. The number of unbranched alkanes of at least 4 members (excludes halogenated alkanes) is 1. The van der Waals surface area contributed by atoms with Crippen LogP contribution in [0.5, 0.6) is 0 Å². The highest BCUT2D eigenvalue weighted by Crippen LogP contribution is 2.38. The molecule has 0 aliphatic rings. The molecular formula is C26H27F3N2O4S. The minimum atomic E-state index is -4.86. The lowest BCUT2D eigenvalue weighted by molar-refractivity contribution is -0.140. The summed E-state index contributed by atoms with van der Waals surface area (Å²) in [5, 5.41) is 8.93. The van der Waals surface area contributed by atoms with E-state index in [0.29, 0.717) is 5.56 Å². The van der Waals surface area contributed by atoms with Gasteiger partial charge in [-0.15, -0.1) is 0 Å². The van der Waals surface area contributed by atoms with Gasteiger partial charge in [0, 0.05) is 31.4 Å². The Hall–Kier alpha value is -3.24. The molecule has 0 radical (unpaired) electrons. The van der Waals surface area contributed by atoms with Crippen molar-refractivity contribution < 1.29 is 31.5 Å². The third kappa shape index (κ3) is 6.30. The zero-order valence-electron chi connectivity index (χ0n) is 19.9. The van der Waals surface area contributed by atoms with Crippen molar-refractivity contribution in [3.8, 4) is 11.1 Å². The number of sulfonamides is 1. The number of benzene rings is 2. The Bertz CT molecular complexity index is 1330. The van der Waals surface area contributed by atoms with Gasteiger partial charge >= 0.3 is 12.1 Å². The van der Waals surface area contributed by atoms with E-state index in [2.05, 4.69) is 4.98 Å². The van der Waals surface area contributed by atoms with E-state index in [4.69, 9.17) is 5.11 Å². The lowest BCUT2D eigenvalue weighted by Crippen LogP contribution is -2.35. The number of rotatable bonds is 10. The molecule has 3 aromatic rings. The molecule has 0 saturated heterocycles. The lowest BCUT2D eigenvalue weighted by atomic mass is 9.98. The highest BCUT2D eigenvalue weighted by Gasteiger charge is 2.40. The fraction of sp³-hybridized carbons (Fsp3) is 0.308. The first-order chi connectivity index (χ1) is 16.9. The summed E-state index contributed by atoms with van der Waals surface area (Å²) < 4.78 is 69.4. The average Bonchev–Trinajstić information content (AvgIpc) is 2.83. The summed E-state index contributed by atoms with van der Waals surface area (Å²) >= 11 is 0. The molecule has 1 heterocycles. The minimum Gasteiger partial charge on any atom is -0.481 e. The second-order valence-corrected chi connectivity index (χ2v) is 10.3. The standard InChI is InChI=1S/C26H27F3N2O4S/c1-18-17-30-14-13-22(18)21-9-7-8-20(16-21)19(2)31(15-6-5-12-25(32)33)36(34,35)24-11-4-3-10-23(24)26(27,28)29/h3-4,7-11,13-14,16-17,19H,5-6,12,15H2,1-2H3,(H,32,33). The van der Waals surface area contributed by atoms with Gasteiger partial charge in [-0.1, -0.05) is 30.3 Å². The van der Waals surface area contributed by atoms with Crippen molar-refractivity contribution in [1.82, 2.24) is 9.29 Å². The Morgan fingerprint density at radius 2 is 1.81 bits per heavy atom. The molecule has 0 saturated carbocycles. The molecule has 0 aliphatic carbocycles. The second-order valence-electron chi connectivity index (χ2n) is 8.45. The summed E-state index contributed by atoms with van der Waals surface area (Å²) in [6.45, 7) is 3.37. The van der Waals surface area contributed by atoms with Crippen molar-refractivity contribution in [3.05, 3.63) is 83.7 Å². The normalized spacial score (nSPS) is 13.1. The molecular weight excluding hydrogens is 493 g/mol.